The highest BCUT2D eigenvalue weighted by Crippen LogP contribution is 2.11. The average Bonchev–Trinajstić information content (AvgIpc) is 3.48. The van der Waals surface area contributed by atoms with Gasteiger partial charge in [0.25, 0.3) is 11.8 Å². The van der Waals surface area contributed by atoms with Gasteiger partial charge in [-0.25, -0.2) is 0 Å². The molecule has 0 saturated heterocycles. The average molecular weight is 438 g/mol. The molecular formula is C20H22N8O4. The van der Waals surface area contributed by atoms with E-state index in [1.807, 2.05) is 0 Å². The summed E-state index contributed by atoms with van der Waals surface area (Å²) >= 11 is 0. The zero-order valence-electron chi connectivity index (χ0n) is 17.1. The molecule has 0 aliphatic heterocycles. The van der Waals surface area contributed by atoms with Crippen LogP contribution in [-0.2, 0) is 9.47 Å². The van der Waals surface area contributed by atoms with Gasteiger partial charge in [0.1, 0.15) is 11.0 Å². The molecule has 0 bridgehead atoms. The summed E-state index contributed by atoms with van der Waals surface area (Å²) in [5.74, 6) is -0.389. The van der Waals surface area contributed by atoms with E-state index in [0.717, 1.165) is 0 Å². The first-order chi connectivity index (χ1) is 15.7. The Balaban J connectivity index is 1.03. The molecule has 12 nitrogen and oxygen atoms in total. The molecule has 0 unspecified atom stereocenters. The minimum atomic E-state index is -0.194. The maximum Gasteiger partial charge on any atom is 0.251 e. The molecule has 4 N–H and O–H groups in total. The molecule has 12 heteroatoms. The fourth-order valence-electron chi connectivity index (χ4n) is 2.97. The van der Waals surface area contributed by atoms with Crippen molar-refractivity contribution in [1.29, 1.82) is 0 Å². The first-order valence-electron chi connectivity index (χ1n) is 10.0. The van der Waals surface area contributed by atoms with Crippen LogP contribution in [-0.4, -0.2) is 82.2 Å². The molecule has 4 aromatic rings. The second-order valence-corrected chi connectivity index (χ2v) is 6.82. The van der Waals surface area contributed by atoms with Crippen molar-refractivity contribution in [3.63, 3.8) is 0 Å². The number of ether oxygens (including phenoxy) is 2. The first-order valence-corrected chi connectivity index (χ1v) is 10.0. The third-order valence-electron chi connectivity index (χ3n) is 4.61. The van der Waals surface area contributed by atoms with Crippen molar-refractivity contribution >= 4 is 33.9 Å². The lowest BCUT2D eigenvalue weighted by molar-refractivity contribution is 0.0486. The second kappa shape index (κ2) is 10.4. The number of rotatable bonds is 11. The van der Waals surface area contributed by atoms with Crippen LogP contribution in [0.1, 0.15) is 20.7 Å². The highest BCUT2D eigenvalue weighted by molar-refractivity contribution is 5.97. The van der Waals surface area contributed by atoms with Crippen molar-refractivity contribution in [2.75, 3.05) is 39.5 Å². The number of hydrogen-bond acceptors (Lipinski definition) is 8. The van der Waals surface area contributed by atoms with Crippen molar-refractivity contribution in [2.24, 2.45) is 0 Å². The quantitative estimate of drug-likeness (QED) is 0.245. The predicted molar refractivity (Wildman–Crippen MR) is 114 cm³/mol. The van der Waals surface area contributed by atoms with Gasteiger partial charge in [0, 0.05) is 24.2 Å². The number of carbonyl (C=O) groups is 2. The number of hydrogen-bond donors (Lipinski definition) is 4. The van der Waals surface area contributed by atoms with Crippen LogP contribution in [0.5, 0.6) is 0 Å². The second-order valence-electron chi connectivity index (χ2n) is 6.82. The van der Waals surface area contributed by atoms with Crippen molar-refractivity contribution in [2.45, 2.75) is 0 Å². The lowest BCUT2D eigenvalue weighted by Gasteiger charge is -2.08. The van der Waals surface area contributed by atoms with Crippen LogP contribution in [0.15, 0.2) is 36.4 Å². The van der Waals surface area contributed by atoms with Crippen LogP contribution < -0.4 is 10.6 Å². The van der Waals surface area contributed by atoms with Crippen molar-refractivity contribution in [3.05, 3.63) is 47.5 Å². The smallest absolute Gasteiger partial charge is 0.251 e. The minimum Gasteiger partial charge on any atom is -0.377 e. The molecule has 0 atom stereocenters. The molecule has 2 amide bonds. The summed E-state index contributed by atoms with van der Waals surface area (Å²) in [6, 6.07) is 10.3. The highest BCUT2D eigenvalue weighted by Gasteiger charge is 2.08. The monoisotopic (exact) mass is 438 g/mol. The van der Waals surface area contributed by atoms with Gasteiger partial charge in [0.05, 0.1) is 37.5 Å². The van der Waals surface area contributed by atoms with E-state index >= 15 is 0 Å². The maximum atomic E-state index is 12.1. The molecule has 2 heterocycles. The Bertz CT molecular complexity index is 1110. The Morgan fingerprint density at radius 1 is 0.719 bits per heavy atom. The Morgan fingerprint density at radius 2 is 1.19 bits per heavy atom. The summed E-state index contributed by atoms with van der Waals surface area (Å²) in [5.41, 5.74) is 3.87. The van der Waals surface area contributed by atoms with Crippen molar-refractivity contribution in [3.8, 4) is 0 Å². The van der Waals surface area contributed by atoms with E-state index in [1.165, 1.54) is 0 Å². The summed E-state index contributed by atoms with van der Waals surface area (Å²) < 4.78 is 10.9. The van der Waals surface area contributed by atoms with Gasteiger partial charge in [-0.3, -0.25) is 19.8 Å². The highest BCUT2D eigenvalue weighted by atomic mass is 16.5. The molecule has 2 aromatic heterocycles. The number of benzene rings is 2. The van der Waals surface area contributed by atoms with E-state index in [4.69, 9.17) is 9.47 Å². The molecule has 166 valence electrons. The molecule has 4 rings (SSSR count). The third kappa shape index (κ3) is 5.42. The predicted octanol–water partition coefficient (Wildman–Crippen LogP) is 0.422. The Morgan fingerprint density at radius 3 is 1.66 bits per heavy atom. The van der Waals surface area contributed by atoms with Gasteiger partial charge in [0.2, 0.25) is 0 Å². The van der Waals surface area contributed by atoms with Gasteiger partial charge >= 0.3 is 0 Å². The SMILES string of the molecule is O=C(NCCOCCOCCNC(=O)c1ccc2nn[nH]c2c1)c1ccc2nn[nH]c2c1. The van der Waals surface area contributed by atoms with Crippen molar-refractivity contribution < 1.29 is 19.1 Å². The molecule has 2 aromatic carbocycles. The zero-order chi connectivity index (χ0) is 22.2. The standard InChI is InChI=1S/C20H22N8O4/c29-19(13-1-3-15-17(11-13)25-27-23-15)21-5-7-31-9-10-32-8-6-22-20(30)14-2-4-16-18(12-14)26-28-24-16/h1-4,11-12H,5-10H2,(H,21,29)(H,22,30)(H,23,25,27)(H,24,26,28). The largest absolute Gasteiger partial charge is 0.377 e. The Labute approximate surface area is 182 Å². The number of nitrogens with zero attached hydrogens (tertiary/aromatic N) is 4. The summed E-state index contributed by atoms with van der Waals surface area (Å²) in [7, 11) is 0. The minimum absolute atomic E-state index is 0.194. The number of amides is 2. The van der Waals surface area contributed by atoms with Gasteiger partial charge < -0.3 is 20.1 Å². The fraction of sp³-hybridized carbons (Fsp3) is 0.300. The van der Waals surface area contributed by atoms with Crippen LogP contribution in [0.4, 0.5) is 0 Å². The fourth-order valence-corrected chi connectivity index (χ4v) is 2.97. The molecule has 0 saturated carbocycles. The summed E-state index contributed by atoms with van der Waals surface area (Å²) in [4.78, 5) is 24.3. The number of nitrogens with one attached hydrogen (secondary N) is 4. The summed E-state index contributed by atoms with van der Waals surface area (Å²) in [5, 5.41) is 26.2. The van der Waals surface area contributed by atoms with Crippen LogP contribution in [0.25, 0.3) is 22.1 Å². The molecule has 0 aliphatic carbocycles. The number of H-pyrrole nitrogens is 2. The Hall–Kier alpha value is -3.90. The van der Waals surface area contributed by atoms with E-state index in [9.17, 15) is 9.59 Å². The van der Waals surface area contributed by atoms with Crippen LogP contribution >= 0.6 is 0 Å². The van der Waals surface area contributed by atoms with Gasteiger partial charge in [-0.15, -0.1) is 10.2 Å². The molecular weight excluding hydrogens is 416 g/mol. The molecule has 0 aliphatic rings. The third-order valence-corrected chi connectivity index (χ3v) is 4.61. The number of fused-ring (bicyclic) bond motifs is 2. The van der Waals surface area contributed by atoms with Gasteiger partial charge in [-0.2, -0.15) is 0 Å². The normalized spacial score (nSPS) is 11.1. The molecule has 32 heavy (non-hydrogen) atoms. The lowest BCUT2D eigenvalue weighted by atomic mass is 10.2. The van der Waals surface area contributed by atoms with E-state index in [2.05, 4.69) is 41.5 Å². The summed E-state index contributed by atoms with van der Waals surface area (Å²) in [6.45, 7) is 2.27. The van der Waals surface area contributed by atoms with E-state index in [0.29, 0.717) is 72.7 Å². The van der Waals surface area contributed by atoms with Crippen LogP contribution in [0.3, 0.4) is 0 Å². The number of aromatic nitrogens is 6. The number of carbonyl (C=O) groups excluding carboxylic acids is 2. The lowest BCUT2D eigenvalue weighted by Crippen LogP contribution is -2.28. The molecule has 0 radical (unpaired) electrons. The van der Waals surface area contributed by atoms with Gasteiger partial charge in [-0.1, -0.05) is 10.4 Å². The molecule has 0 fully saturated rings. The first kappa shape index (κ1) is 21.3. The topological polar surface area (TPSA) is 160 Å². The summed E-state index contributed by atoms with van der Waals surface area (Å²) in [6.07, 6.45) is 0. The van der Waals surface area contributed by atoms with E-state index in [-0.39, 0.29) is 11.8 Å². The maximum absolute atomic E-state index is 12.1. The van der Waals surface area contributed by atoms with E-state index < -0.39 is 0 Å². The number of aromatic amines is 2. The van der Waals surface area contributed by atoms with Crippen LogP contribution in [0, 0.1) is 0 Å². The van der Waals surface area contributed by atoms with Crippen LogP contribution in [0.2, 0.25) is 0 Å². The molecule has 0 spiro atoms. The Kier molecular flexibility index (Phi) is 6.94. The van der Waals surface area contributed by atoms with E-state index in [1.54, 1.807) is 36.4 Å². The van der Waals surface area contributed by atoms with Gasteiger partial charge in [0.15, 0.2) is 0 Å². The van der Waals surface area contributed by atoms with Gasteiger partial charge in [-0.05, 0) is 36.4 Å². The van der Waals surface area contributed by atoms with Crippen molar-refractivity contribution in [1.82, 2.24) is 41.5 Å². The zero-order valence-corrected chi connectivity index (χ0v) is 17.1.